The van der Waals surface area contributed by atoms with Crippen LogP contribution in [0.1, 0.15) is 18.1 Å². The summed E-state index contributed by atoms with van der Waals surface area (Å²) in [6, 6.07) is 12.5. The number of sulfonamides is 1. The monoisotopic (exact) mass is 403 g/mol. The lowest BCUT2D eigenvalue weighted by Crippen LogP contribution is -2.34. The predicted molar refractivity (Wildman–Crippen MR) is 111 cm³/mol. The van der Waals surface area contributed by atoms with E-state index in [4.69, 9.17) is 0 Å². The van der Waals surface area contributed by atoms with Crippen LogP contribution >= 0.6 is 11.8 Å². The maximum Gasteiger partial charge on any atom is 0.286 e. The number of amidine groups is 1. The number of nitrogens with one attached hydrogen (secondary N) is 1. The van der Waals surface area contributed by atoms with Crippen LogP contribution < -0.4 is 10.2 Å². The summed E-state index contributed by atoms with van der Waals surface area (Å²) >= 11 is 1.12. The van der Waals surface area contributed by atoms with Gasteiger partial charge in [-0.2, -0.15) is 8.42 Å². The third-order valence-corrected chi connectivity index (χ3v) is 6.71. The Bertz CT molecular complexity index is 1020. The molecule has 8 heteroatoms. The number of para-hydroxylation sites is 1. The Morgan fingerprint density at radius 3 is 2.59 bits per heavy atom. The smallest absolute Gasteiger partial charge is 0.286 e. The van der Waals surface area contributed by atoms with E-state index < -0.39 is 10.0 Å². The maximum atomic E-state index is 12.4. The van der Waals surface area contributed by atoms with Crippen molar-refractivity contribution in [2.75, 3.05) is 22.5 Å². The van der Waals surface area contributed by atoms with E-state index in [9.17, 15) is 13.2 Å². The van der Waals surface area contributed by atoms with E-state index in [0.717, 1.165) is 28.6 Å². The van der Waals surface area contributed by atoms with Gasteiger partial charge < -0.3 is 10.2 Å². The Morgan fingerprint density at radius 2 is 1.89 bits per heavy atom. The normalized spacial score (nSPS) is 15.1. The van der Waals surface area contributed by atoms with Crippen LogP contribution in [-0.4, -0.2) is 31.8 Å². The van der Waals surface area contributed by atoms with Gasteiger partial charge in [-0.15, -0.1) is 4.40 Å². The minimum absolute atomic E-state index is 0.0694. The fraction of sp³-hybridized carbons (Fsp3) is 0.263. The molecule has 6 nitrogen and oxygen atoms in total. The molecule has 27 heavy (non-hydrogen) atoms. The van der Waals surface area contributed by atoms with Gasteiger partial charge in [-0.3, -0.25) is 4.79 Å². The fourth-order valence-electron chi connectivity index (χ4n) is 2.76. The lowest BCUT2D eigenvalue weighted by molar-refractivity contribution is -0.113. The van der Waals surface area contributed by atoms with Gasteiger partial charge in [0.2, 0.25) is 5.91 Å². The Labute approximate surface area is 163 Å². The lowest BCUT2D eigenvalue weighted by Gasteiger charge is -2.29. The number of carbonyl (C=O) groups excluding carboxylic acids is 1. The van der Waals surface area contributed by atoms with Crippen molar-refractivity contribution in [1.29, 1.82) is 0 Å². The third-order valence-electron chi connectivity index (χ3n) is 4.30. The molecule has 0 radical (unpaired) electrons. The molecule has 0 aliphatic carbocycles. The molecule has 1 amide bonds. The molecule has 3 rings (SSSR count). The van der Waals surface area contributed by atoms with Crippen molar-refractivity contribution in [3.8, 4) is 0 Å². The highest BCUT2D eigenvalue weighted by Crippen LogP contribution is 2.33. The molecule has 0 unspecified atom stereocenters. The van der Waals surface area contributed by atoms with E-state index >= 15 is 0 Å². The van der Waals surface area contributed by atoms with E-state index in [1.165, 1.54) is 0 Å². The van der Waals surface area contributed by atoms with Crippen LogP contribution in [0.3, 0.4) is 0 Å². The van der Waals surface area contributed by atoms with Crippen molar-refractivity contribution >= 4 is 44.2 Å². The van der Waals surface area contributed by atoms with Gasteiger partial charge in [0.05, 0.1) is 11.4 Å². The van der Waals surface area contributed by atoms with Gasteiger partial charge in [0.25, 0.3) is 10.0 Å². The van der Waals surface area contributed by atoms with Crippen LogP contribution in [0.5, 0.6) is 0 Å². The summed E-state index contributed by atoms with van der Waals surface area (Å²) in [7, 11) is -3.76. The molecule has 1 aliphatic rings. The molecule has 1 heterocycles. The van der Waals surface area contributed by atoms with Crippen LogP contribution in [0.4, 0.5) is 11.4 Å². The molecule has 0 atom stereocenters. The van der Waals surface area contributed by atoms with E-state index in [2.05, 4.69) is 9.71 Å². The molecule has 0 bridgehead atoms. The molecule has 0 saturated heterocycles. The molecular weight excluding hydrogens is 382 g/mol. The zero-order valence-electron chi connectivity index (χ0n) is 15.4. The van der Waals surface area contributed by atoms with Crippen LogP contribution in [0.2, 0.25) is 0 Å². The van der Waals surface area contributed by atoms with Gasteiger partial charge in [-0.1, -0.05) is 30.0 Å². The average molecular weight is 404 g/mol. The Balaban J connectivity index is 1.74. The summed E-state index contributed by atoms with van der Waals surface area (Å²) in [5.74, 6) is -0.141. The van der Waals surface area contributed by atoms with Crippen molar-refractivity contribution in [2.24, 2.45) is 4.40 Å². The van der Waals surface area contributed by atoms with Gasteiger partial charge in [0, 0.05) is 12.2 Å². The van der Waals surface area contributed by atoms with Crippen molar-refractivity contribution < 1.29 is 13.2 Å². The number of aryl methyl sites for hydroxylation is 2. The topological polar surface area (TPSA) is 78.8 Å². The van der Waals surface area contributed by atoms with E-state index in [0.29, 0.717) is 17.4 Å². The van der Waals surface area contributed by atoms with Gasteiger partial charge in [-0.05, 0) is 56.2 Å². The van der Waals surface area contributed by atoms with Crippen molar-refractivity contribution in [2.45, 2.75) is 25.7 Å². The summed E-state index contributed by atoms with van der Waals surface area (Å²) < 4.78 is 28.8. The summed E-state index contributed by atoms with van der Waals surface area (Å²) in [6.45, 7) is 6.46. The molecule has 0 spiro atoms. The minimum Gasteiger partial charge on any atom is -0.325 e. The summed E-state index contributed by atoms with van der Waals surface area (Å²) in [5.41, 5.74) is 3.56. The first kappa shape index (κ1) is 19.4. The van der Waals surface area contributed by atoms with Crippen molar-refractivity contribution in [3.63, 3.8) is 0 Å². The number of benzene rings is 2. The second kappa shape index (κ2) is 7.74. The number of hydrogen-bond acceptors (Lipinski definition) is 5. The maximum absolute atomic E-state index is 12.4. The highest BCUT2D eigenvalue weighted by atomic mass is 32.2. The number of carbonyl (C=O) groups is 1. The summed E-state index contributed by atoms with van der Waals surface area (Å²) in [6.07, 6.45) is 0. The van der Waals surface area contributed by atoms with Crippen LogP contribution in [0, 0.1) is 13.8 Å². The van der Waals surface area contributed by atoms with Gasteiger partial charge >= 0.3 is 0 Å². The molecule has 1 N–H and O–H groups in total. The standard InChI is InChI=1S/C19H21N3O3S2/c1-4-22-16-7-5-6-8-17(16)27(24,25)21-19(22)26-12-18(23)20-15-10-9-13(2)14(3)11-15/h5-11H,4,12H2,1-3H3,(H,20,23). The number of thioether (sulfide) groups is 1. The van der Waals surface area contributed by atoms with Crippen LogP contribution in [0.25, 0.3) is 0 Å². The van der Waals surface area contributed by atoms with Crippen molar-refractivity contribution in [3.05, 3.63) is 53.6 Å². The van der Waals surface area contributed by atoms with E-state index in [1.54, 1.807) is 24.3 Å². The Kier molecular flexibility index (Phi) is 5.57. The number of hydrogen-bond donors (Lipinski definition) is 1. The fourth-order valence-corrected chi connectivity index (χ4v) is 5.08. The SMILES string of the molecule is CCN1C(SCC(=O)Nc2ccc(C)c(C)c2)=NS(=O)(=O)c2ccccc21. The first-order valence-electron chi connectivity index (χ1n) is 8.53. The molecule has 0 fully saturated rings. The molecule has 142 valence electrons. The van der Waals surface area contributed by atoms with Crippen molar-refractivity contribution in [1.82, 2.24) is 0 Å². The highest BCUT2D eigenvalue weighted by molar-refractivity contribution is 8.15. The first-order valence-corrected chi connectivity index (χ1v) is 11.0. The first-order chi connectivity index (χ1) is 12.8. The van der Waals surface area contributed by atoms with Gasteiger partial charge in [-0.25, -0.2) is 0 Å². The second-order valence-electron chi connectivity index (χ2n) is 6.20. The number of amides is 1. The highest BCUT2D eigenvalue weighted by Gasteiger charge is 2.30. The zero-order chi connectivity index (χ0) is 19.6. The third kappa shape index (κ3) is 4.17. The number of nitrogens with zero attached hydrogens (tertiary/aromatic N) is 2. The van der Waals surface area contributed by atoms with E-state index in [1.807, 2.05) is 43.9 Å². The summed E-state index contributed by atoms with van der Waals surface area (Å²) in [5, 5.41) is 3.15. The number of fused-ring (bicyclic) bond motifs is 1. The number of anilines is 2. The molecule has 0 aromatic heterocycles. The molecule has 2 aromatic rings. The quantitative estimate of drug-likeness (QED) is 0.844. The average Bonchev–Trinajstić information content (AvgIpc) is 2.63. The predicted octanol–water partition coefficient (Wildman–Crippen LogP) is 3.56. The van der Waals surface area contributed by atoms with Crippen LogP contribution in [-0.2, 0) is 14.8 Å². The second-order valence-corrected chi connectivity index (χ2v) is 8.71. The minimum atomic E-state index is -3.76. The molecule has 1 aliphatic heterocycles. The summed E-state index contributed by atoms with van der Waals surface area (Å²) in [4.78, 5) is 14.3. The van der Waals surface area contributed by atoms with Crippen LogP contribution in [0.15, 0.2) is 51.8 Å². The lowest BCUT2D eigenvalue weighted by atomic mass is 10.1. The van der Waals surface area contributed by atoms with Gasteiger partial charge in [0.15, 0.2) is 5.17 Å². The van der Waals surface area contributed by atoms with E-state index in [-0.39, 0.29) is 16.6 Å². The Morgan fingerprint density at radius 1 is 1.15 bits per heavy atom. The largest absolute Gasteiger partial charge is 0.325 e. The van der Waals surface area contributed by atoms with Gasteiger partial charge in [0.1, 0.15) is 4.90 Å². The Hall–Kier alpha value is -2.32. The molecule has 2 aromatic carbocycles. The molecular formula is C19H21N3O3S2. The number of rotatable bonds is 4. The molecule has 0 saturated carbocycles. The zero-order valence-corrected chi connectivity index (χ0v) is 17.0.